The van der Waals surface area contributed by atoms with Crippen molar-refractivity contribution in [3.8, 4) is 0 Å². The molecule has 3 aromatic rings. The molecule has 7 fully saturated rings. The third-order valence-corrected chi connectivity index (χ3v) is 19.3. The second-order valence-corrected chi connectivity index (χ2v) is 22.7. The van der Waals surface area contributed by atoms with E-state index in [4.69, 9.17) is 0 Å². The van der Waals surface area contributed by atoms with Gasteiger partial charge in [-0.15, -0.1) is 0 Å². The van der Waals surface area contributed by atoms with Crippen LogP contribution in [0.4, 0.5) is 0 Å². The van der Waals surface area contributed by atoms with Crippen LogP contribution >= 0.6 is 0 Å². The second kappa shape index (κ2) is 13.6. The molecule has 4 heteroatoms. The Hall–Kier alpha value is -2.24. The van der Waals surface area contributed by atoms with Crippen LogP contribution in [0.25, 0.3) is 21.5 Å². The molecular formula is C53H71NO3. The third kappa shape index (κ3) is 5.79. The van der Waals surface area contributed by atoms with Crippen molar-refractivity contribution in [3.05, 3.63) is 71.8 Å². The van der Waals surface area contributed by atoms with E-state index < -0.39 is 5.60 Å². The first kappa shape index (κ1) is 37.7. The van der Waals surface area contributed by atoms with Gasteiger partial charge in [0.2, 0.25) is 0 Å². The number of nitrogens with zero attached hydrogens (tertiary/aromatic N) is 1. The lowest BCUT2D eigenvalue weighted by molar-refractivity contribution is -0.189. The van der Waals surface area contributed by atoms with Gasteiger partial charge in [-0.2, -0.15) is 0 Å². The number of aliphatic hydroxyl groups is 3. The summed E-state index contributed by atoms with van der Waals surface area (Å²) in [5.41, 5.74) is 2.51. The van der Waals surface area contributed by atoms with Crippen molar-refractivity contribution in [3.63, 3.8) is 0 Å². The number of rotatable bonds is 5. The summed E-state index contributed by atoms with van der Waals surface area (Å²) in [5, 5.41) is 42.3. The normalized spacial score (nSPS) is 46.2. The number of aryl methyl sites for hydroxylation is 1. The number of aliphatic hydroxyl groups excluding tert-OH is 2. The maximum Gasteiger partial charge on any atom is 0.0805 e. The van der Waals surface area contributed by atoms with Crippen molar-refractivity contribution in [2.24, 2.45) is 75.9 Å². The Bertz CT molecular complexity index is 2050. The Balaban J connectivity index is 0.866. The van der Waals surface area contributed by atoms with E-state index in [1.165, 1.54) is 58.4 Å². The highest BCUT2D eigenvalue weighted by atomic mass is 16.3. The van der Waals surface area contributed by atoms with Gasteiger partial charge in [0.1, 0.15) is 0 Å². The lowest BCUT2D eigenvalue weighted by Gasteiger charge is -2.63. The Morgan fingerprint density at radius 2 is 1.60 bits per heavy atom. The molecule has 0 bridgehead atoms. The van der Waals surface area contributed by atoms with Crippen LogP contribution in [-0.2, 0) is 12.8 Å². The molecule has 306 valence electrons. The molecule has 4 nitrogen and oxygen atoms in total. The smallest absolute Gasteiger partial charge is 0.0805 e. The molecule has 2 heterocycles. The minimum absolute atomic E-state index is 0.0243. The lowest BCUT2D eigenvalue weighted by Crippen LogP contribution is -2.67. The Morgan fingerprint density at radius 1 is 0.825 bits per heavy atom. The molecule has 3 aromatic carbocycles. The van der Waals surface area contributed by atoms with Crippen LogP contribution in [0.3, 0.4) is 0 Å². The highest BCUT2D eigenvalue weighted by molar-refractivity contribution is 5.98. The zero-order chi connectivity index (χ0) is 39.0. The minimum Gasteiger partial charge on any atom is -0.393 e. The van der Waals surface area contributed by atoms with E-state index in [2.05, 4.69) is 93.3 Å². The summed E-state index contributed by atoms with van der Waals surface area (Å²) >= 11 is 0. The first-order valence-corrected chi connectivity index (χ1v) is 23.9. The monoisotopic (exact) mass is 770 g/mol. The van der Waals surface area contributed by atoms with E-state index in [1.807, 2.05) is 0 Å². The standard InChI is InChI=1S/C53H71NO3/c1-31(2)20-37-24-39-22-35-9-6-5-8-34(35)21-38(39)23-36(37)13-12-33-17-19-52(27-33)30-53-18-7-10-41-49-40(42(50(41)53)25-46(55)45(53)26-48(52)56)14-15-44-43(49)29-54-28-32(3)11-16-47(54)51(44,4)57/h5-10,21-24,31-33,40-50,55-57H,11-20,25-30H2,1-4H3/t32-,33+,40-,41+,42-,43-,44-,45+,46+,47-,48-,49-,50+,51+,52-,53-/m1/s1. The molecule has 0 aromatic heterocycles. The van der Waals surface area contributed by atoms with Gasteiger partial charge in [0.25, 0.3) is 0 Å². The second-order valence-electron chi connectivity index (χ2n) is 22.7. The number of piperidine rings is 2. The van der Waals surface area contributed by atoms with Gasteiger partial charge in [0.05, 0.1) is 17.8 Å². The largest absolute Gasteiger partial charge is 0.393 e. The van der Waals surface area contributed by atoms with E-state index >= 15 is 0 Å². The summed E-state index contributed by atoms with van der Waals surface area (Å²) in [4.78, 5) is 2.73. The molecule has 3 N–H and O–H groups in total. The average Bonchev–Trinajstić information content (AvgIpc) is 3.74. The average molecular weight is 770 g/mol. The highest BCUT2D eigenvalue weighted by Crippen LogP contribution is 2.74. The topological polar surface area (TPSA) is 63.9 Å². The van der Waals surface area contributed by atoms with Crippen molar-refractivity contribution >= 4 is 21.5 Å². The molecule has 0 amide bonds. The fourth-order valence-electron chi connectivity index (χ4n) is 17.3. The molecular weight excluding hydrogens is 699 g/mol. The van der Waals surface area contributed by atoms with Crippen molar-refractivity contribution in [2.45, 2.75) is 141 Å². The van der Waals surface area contributed by atoms with Gasteiger partial charge in [-0.1, -0.05) is 69.3 Å². The quantitative estimate of drug-likeness (QED) is 0.179. The molecule has 0 unspecified atom stereocenters. The van der Waals surface area contributed by atoms with Gasteiger partial charge in [0, 0.05) is 19.1 Å². The van der Waals surface area contributed by atoms with E-state index in [1.54, 1.807) is 0 Å². The van der Waals surface area contributed by atoms with Gasteiger partial charge >= 0.3 is 0 Å². The van der Waals surface area contributed by atoms with Crippen LogP contribution < -0.4 is 0 Å². The summed E-state index contributed by atoms with van der Waals surface area (Å²) in [6, 6.07) is 18.9. The molecule has 16 atom stereocenters. The van der Waals surface area contributed by atoms with E-state index in [0.29, 0.717) is 65.2 Å². The van der Waals surface area contributed by atoms with Crippen molar-refractivity contribution < 1.29 is 15.3 Å². The van der Waals surface area contributed by atoms with Gasteiger partial charge in [-0.05, 0) is 218 Å². The fraction of sp³-hybridized carbons (Fsp3) is 0.698. The summed E-state index contributed by atoms with van der Waals surface area (Å²) in [6.07, 6.45) is 20.3. The molecule has 57 heavy (non-hydrogen) atoms. The molecule has 2 spiro atoms. The molecule has 6 aliphatic carbocycles. The molecule has 2 saturated heterocycles. The highest BCUT2D eigenvalue weighted by Gasteiger charge is 2.71. The summed E-state index contributed by atoms with van der Waals surface area (Å²) < 4.78 is 0. The van der Waals surface area contributed by atoms with Crippen molar-refractivity contribution in [1.29, 1.82) is 0 Å². The fourth-order valence-corrected chi connectivity index (χ4v) is 17.3. The maximum atomic E-state index is 12.4. The van der Waals surface area contributed by atoms with Crippen molar-refractivity contribution in [1.82, 2.24) is 4.90 Å². The molecule has 5 saturated carbocycles. The zero-order valence-corrected chi connectivity index (χ0v) is 35.5. The number of fused-ring (bicyclic) bond motifs is 8. The Labute approximate surface area is 342 Å². The van der Waals surface area contributed by atoms with E-state index in [9.17, 15) is 15.3 Å². The van der Waals surface area contributed by atoms with E-state index in [-0.39, 0.29) is 29.0 Å². The number of hydrogen-bond donors (Lipinski definition) is 3. The Kier molecular flexibility index (Phi) is 9.03. The van der Waals surface area contributed by atoms with Crippen LogP contribution in [0.5, 0.6) is 0 Å². The van der Waals surface area contributed by atoms with Crippen LogP contribution in [0.15, 0.2) is 60.7 Å². The van der Waals surface area contributed by atoms with Gasteiger partial charge in [-0.25, -0.2) is 0 Å². The number of hydrogen-bond acceptors (Lipinski definition) is 4. The summed E-state index contributed by atoms with van der Waals surface area (Å²) in [6.45, 7) is 11.6. The van der Waals surface area contributed by atoms with Crippen molar-refractivity contribution in [2.75, 3.05) is 13.1 Å². The number of allylic oxidation sites excluding steroid dienone is 2. The molecule has 11 rings (SSSR count). The molecule has 8 aliphatic rings. The summed E-state index contributed by atoms with van der Waals surface area (Å²) in [5.74, 6) is 6.12. The first-order chi connectivity index (χ1) is 27.4. The zero-order valence-electron chi connectivity index (χ0n) is 35.5. The maximum absolute atomic E-state index is 12.4. The third-order valence-electron chi connectivity index (χ3n) is 19.3. The van der Waals surface area contributed by atoms with Crippen LogP contribution in [0, 0.1) is 75.9 Å². The number of benzene rings is 3. The predicted molar refractivity (Wildman–Crippen MR) is 232 cm³/mol. The van der Waals surface area contributed by atoms with Gasteiger partial charge in [0.15, 0.2) is 0 Å². The van der Waals surface area contributed by atoms with Crippen LogP contribution in [0.2, 0.25) is 0 Å². The minimum atomic E-state index is -0.617. The lowest BCUT2D eigenvalue weighted by atomic mass is 9.42. The first-order valence-electron chi connectivity index (χ1n) is 23.9. The van der Waals surface area contributed by atoms with E-state index in [0.717, 1.165) is 77.3 Å². The van der Waals surface area contributed by atoms with Gasteiger partial charge in [-0.3, -0.25) is 4.90 Å². The van der Waals surface area contributed by atoms with Crippen LogP contribution in [0.1, 0.15) is 116 Å². The summed E-state index contributed by atoms with van der Waals surface area (Å²) in [7, 11) is 0. The molecule has 0 radical (unpaired) electrons. The SMILES string of the molecule is CC(C)Cc1cc2cc3ccccc3cc2cc1CC[C@H]1CC[C@@]2(C1)C[C@]13CC=C[C@H]4[C@H]5[C@H](CC[C@@H]6[C@H]5CN5C[C@H](C)CC[C@@H]5[C@@]6(C)O)[C@@H](C[C@H](O)[C@@H]1C[C@H]2O)[C@H]43. The molecule has 2 aliphatic heterocycles. The predicted octanol–water partition coefficient (Wildman–Crippen LogP) is 10.4. The van der Waals surface area contributed by atoms with Gasteiger partial charge < -0.3 is 15.3 Å². The van der Waals surface area contributed by atoms with Crippen LogP contribution in [-0.4, -0.2) is 57.2 Å². The Morgan fingerprint density at radius 3 is 2.37 bits per heavy atom.